The minimum atomic E-state index is 0.499. The van der Waals surface area contributed by atoms with Crippen LogP contribution in [0.4, 0.5) is 0 Å². The smallest absolute Gasteiger partial charge is 0.164 e. The van der Waals surface area contributed by atoms with Crippen molar-refractivity contribution in [2.45, 2.75) is 6.92 Å². The second-order valence-electron chi connectivity index (χ2n) is 5.00. The number of aromatic nitrogens is 3. The second-order valence-corrected chi connectivity index (χ2v) is 5.00. The van der Waals surface area contributed by atoms with Crippen LogP contribution in [0.1, 0.15) is 11.4 Å². The van der Waals surface area contributed by atoms with E-state index >= 15 is 0 Å². The van der Waals surface area contributed by atoms with E-state index in [1.54, 1.807) is 12.3 Å². The molecule has 1 aliphatic rings. The van der Waals surface area contributed by atoms with Crippen LogP contribution < -0.4 is 9.47 Å². The molecule has 0 atom stereocenters. The minimum absolute atomic E-state index is 0.499. The molecule has 108 valence electrons. The number of ether oxygens (including phenoxy) is 2. The fourth-order valence-electron chi connectivity index (χ4n) is 2.62. The van der Waals surface area contributed by atoms with Crippen molar-refractivity contribution < 1.29 is 9.47 Å². The Morgan fingerprint density at radius 1 is 1.18 bits per heavy atom. The highest BCUT2D eigenvalue weighted by molar-refractivity contribution is 5.75. The maximum Gasteiger partial charge on any atom is 0.164 e. The standard InChI is InChI=1S/C16H12N4O2/c1-10-19-13-6-11(8-17)9-18-16(13)20(10)12-2-3-14-15(7-12)22-5-4-21-14/h2-3,6-7,9H,4-5H2,1H3. The fraction of sp³-hybridized carbons (Fsp3) is 0.188. The first kappa shape index (κ1) is 12.7. The molecule has 0 saturated carbocycles. The lowest BCUT2D eigenvalue weighted by molar-refractivity contribution is 0.171. The van der Waals surface area contributed by atoms with Gasteiger partial charge in [0.25, 0.3) is 0 Å². The van der Waals surface area contributed by atoms with E-state index < -0.39 is 0 Å². The zero-order chi connectivity index (χ0) is 15.1. The SMILES string of the molecule is Cc1nc2cc(C#N)cnc2n1-c1ccc2c(c1)OCCO2. The largest absolute Gasteiger partial charge is 0.486 e. The van der Waals surface area contributed by atoms with Crippen LogP contribution in [-0.2, 0) is 0 Å². The summed E-state index contributed by atoms with van der Waals surface area (Å²) in [5.74, 6) is 2.27. The summed E-state index contributed by atoms with van der Waals surface area (Å²) in [4.78, 5) is 8.85. The lowest BCUT2D eigenvalue weighted by Gasteiger charge is -2.19. The van der Waals surface area contributed by atoms with Crippen molar-refractivity contribution in [3.63, 3.8) is 0 Å². The zero-order valence-corrected chi connectivity index (χ0v) is 11.9. The number of imidazole rings is 1. The molecule has 0 N–H and O–H groups in total. The van der Waals surface area contributed by atoms with Crippen molar-refractivity contribution >= 4 is 11.2 Å². The first-order valence-corrected chi connectivity index (χ1v) is 6.91. The normalized spacial score (nSPS) is 13.1. The van der Waals surface area contributed by atoms with Gasteiger partial charge in [0.05, 0.1) is 11.3 Å². The van der Waals surface area contributed by atoms with E-state index in [-0.39, 0.29) is 0 Å². The molecular formula is C16H12N4O2. The molecule has 0 fully saturated rings. The maximum atomic E-state index is 8.97. The third-order valence-electron chi connectivity index (χ3n) is 3.58. The molecule has 0 amide bonds. The molecule has 1 aromatic carbocycles. The van der Waals surface area contributed by atoms with Gasteiger partial charge in [-0.15, -0.1) is 0 Å². The number of aryl methyl sites for hydroxylation is 1. The lowest BCUT2D eigenvalue weighted by Crippen LogP contribution is -2.15. The number of pyridine rings is 1. The first-order chi connectivity index (χ1) is 10.8. The molecule has 0 bridgehead atoms. The zero-order valence-electron chi connectivity index (χ0n) is 11.9. The summed E-state index contributed by atoms with van der Waals surface area (Å²) in [5.41, 5.74) is 2.82. The summed E-state index contributed by atoms with van der Waals surface area (Å²) in [6.07, 6.45) is 1.55. The Hall–Kier alpha value is -3.07. The van der Waals surface area contributed by atoms with Crippen LogP contribution >= 0.6 is 0 Å². The average Bonchev–Trinajstić information content (AvgIpc) is 2.89. The van der Waals surface area contributed by atoms with Gasteiger partial charge in [0.15, 0.2) is 17.1 Å². The molecule has 3 aromatic rings. The van der Waals surface area contributed by atoms with Crippen molar-refractivity contribution in [3.05, 3.63) is 41.9 Å². The predicted octanol–water partition coefficient (Wildman–Crippen LogP) is 2.37. The number of fused-ring (bicyclic) bond motifs is 2. The predicted molar refractivity (Wildman–Crippen MR) is 79.3 cm³/mol. The number of hydrogen-bond donors (Lipinski definition) is 0. The summed E-state index contributed by atoms with van der Waals surface area (Å²) in [6.45, 7) is 3.02. The van der Waals surface area contributed by atoms with Gasteiger partial charge in [-0.05, 0) is 25.1 Å². The molecule has 0 unspecified atom stereocenters. The van der Waals surface area contributed by atoms with Gasteiger partial charge in [-0.2, -0.15) is 5.26 Å². The monoisotopic (exact) mass is 292 g/mol. The summed E-state index contributed by atoms with van der Waals surface area (Å²) in [5, 5.41) is 8.97. The van der Waals surface area contributed by atoms with Crippen molar-refractivity contribution in [3.8, 4) is 23.3 Å². The van der Waals surface area contributed by atoms with E-state index in [0.717, 1.165) is 23.0 Å². The quantitative estimate of drug-likeness (QED) is 0.688. The molecule has 6 heteroatoms. The van der Waals surface area contributed by atoms with Crippen molar-refractivity contribution in [2.24, 2.45) is 0 Å². The summed E-state index contributed by atoms with van der Waals surface area (Å²) in [7, 11) is 0. The van der Waals surface area contributed by atoms with E-state index in [0.29, 0.717) is 29.9 Å². The van der Waals surface area contributed by atoms with E-state index in [1.807, 2.05) is 29.7 Å². The topological polar surface area (TPSA) is 73.0 Å². The molecule has 3 heterocycles. The third kappa shape index (κ3) is 1.87. The van der Waals surface area contributed by atoms with E-state index in [4.69, 9.17) is 14.7 Å². The highest BCUT2D eigenvalue weighted by Crippen LogP contribution is 2.33. The molecule has 6 nitrogen and oxygen atoms in total. The summed E-state index contributed by atoms with van der Waals surface area (Å²) in [6, 6.07) is 9.57. The van der Waals surface area contributed by atoms with E-state index in [2.05, 4.69) is 16.0 Å². The Bertz CT molecular complexity index is 924. The number of nitriles is 1. The van der Waals surface area contributed by atoms with E-state index in [1.165, 1.54) is 0 Å². The molecule has 0 aliphatic carbocycles. The number of hydrogen-bond acceptors (Lipinski definition) is 5. The van der Waals surface area contributed by atoms with Crippen molar-refractivity contribution in [2.75, 3.05) is 13.2 Å². The highest BCUT2D eigenvalue weighted by atomic mass is 16.6. The van der Waals surface area contributed by atoms with Gasteiger partial charge in [0.1, 0.15) is 30.6 Å². The molecule has 0 saturated heterocycles. The molecule has 22 heavy (non-hydrogen) atoms. The summed E-state index contributed by atoms with van der Waals surface area (Å²) < 4.78 is 13.1. The Balaban J connectivity index is 1.90. The van der Waals surface area contributed by atoms with Gasteiger partial charge >= 0.3 is 0 Å². The maximum absolute atomic E-state index is 8.97. The van der Waals surface area contributed by atoms with Gasteiger partial charge in [-0.3, -0.25) is 4.57 Å². The molecule has 4 rings (SSSR count). The van der Waals surface area contributed by atoms with Crippen LogP contribution in [0, 0.1) is 18.3 Å². The Morgan fingerprint density at radius 3 is 2.82 bits per heavy atom. The van der Waals surface area contributed by atoms with Gasteiger partial charge in [-0.25, -0.2) is 9.97 Å². The van der Waals surface area contributed by atoms with Crippen LogP contribution in [0.15, 0.2) is 30.5 Å². The first-order valence-electron chi connectivity index (χ1n) is 6.91. The van der Waals surface area contributed by atoms with Gasteiger partial charge in [0, 0.05) is 12.3 Å². The molecule has 0 radical (unpaired) electrons. The highest BCUT2D eigenvalue weighted by Gasteiger charge is 2.16. The van der Waals surface area contributed by atoms with Crippen LogP contribution in [0.25, 0.3) is 16.9 Å². The molecular weight excluding hydrogens is 280 g/mol. The third-order valence-corrected chi connectivity index (χ3v) is 3.58. The van der Waals surface area contributed by atoms with Crippen molar-refractivity contribution in [1.82, 2.24) is 14.5 Å². The average molecular weight is 292 g/mol. The Labute approximate surface area is 126 Å². The summed E-state index contributed by atoms with van der Waals surface area (Å²) >= 11 is 0. The van der Waals surface area contributed by atoms with Crippen LogP contribution in [0.5, 0.6) is 11.5 Å². The minimum Gasteiger partial charge on any atom is -0.486 e. The molecule has 1 aliphatic heterocycles. The van der Waals surface area contributed by atoms with E-state index in [9.17, 15) is 0 Å². The van der Waals surface area contributed by atoms with Crippen LogP contribution in [0.2, 0.25) is 0 Å². The van der Waals surface area contributed by atoms with Gasteiger partial charge in [-0.1, -0.05) is 0 Å². The van der Waals surface area contributed by atoms with Crippen molar-refractivity contribution in [1.29, 1.82) is 5.26 Å². The second kappa shape index (κ2) is 4.74. The van der Waals surface area contributed by atoms with Gasteiger partial charge < -0.3 is 9.47 Å². The fourth-order valence-corrected chi connectivity index (χ4v) is 2.62. The van der Waals surface area contributed by atoms with Crippen LogP contribution in [0.3, 0.4) is 0 Å². The van der Waals surface area contributed by atoms with Gasteiger partial charge in [0.2, 0.25) is 0 Å². The number of rotatable bonds is 1. The Morgan fingerprint density at radius 2 is 2.00 bits per heavy atom. The van der Waals surface area contributed by atoms with Crippen LogP contribution in [-0.4, -0.2) is 27.7 Å². The Kier molecular flexibility index (Phi) is 2.73. The molecule has 0 spiro atoms. The number of nitrogens with zero attached hydrogens (tertiary/aromatic N) is 4. The number of benzene rings is 1. The lowest BCUT2D eigenvalue weighted by atomic mass is 10.2. The molecule has 2 aromatic heterocycles.